The molecule has 0 spiro atoms. The highest BCUT2D eigenvalue weighted by Gasteiger charge is 2.33. The van der Waals surface area contributed by atoms with Gasteiger partial charge in [0.05, 0.1) is 17.9 Å². The number of nitrogens with zero attached hydrogens (tertiary/aromatic N) is 2. The van der Waals surface area contributed by atoms with Crippen molar-refractivity contribution in [3.63, 3.8) is 0 Å². The summed E-state index contributed by atoms with van der Waals surface area (Å²) in [4.78, 5) is 3.74. The normalized spacial score (nSPS) is 16.7. The minimum Gasteiger partial charge on any atom is -0.473 e. The number of pyridine rings is 1. The number of aliphatic hydroxyl groups is 1. The van der Waals surface area contributed by atoms with Gasteiger partial charge in [0.25, 0.3) is 0 Å². The number of hydrogen-bond acceptors (Lipinski definition) is 5. The molecule has 11 heteroatoms. The molecule has 1 aromatic carbocycles. The molecule has 1 aromatic heterocycles. The SMILES string of the molecule is O=S(=O)(c1ccc(OCc2cc(F)ccc2C(F)(F)F)nc1)N1CCC(O)CC1. The molecule has 0 unspecified atom stereocenters. The number of hydrogen-bond donors (Lipinski definition) is 1. The van der Waals surface area contributed by atoms with Crippen LogP contribution in [0.2, 0.25) is 0 Å². The Morgan fingerprint density at radius 3 is 2.45 bits per heavy atom. The molecule has 29 heavy (non-hydrogen) atoms. The Morgan fingerprint density at radius 1 is 1.17 bits per heavy atom. The van der Waals surface area contributed by atoms with Crippen molar-refractivity contribution in [1.29, 1.82) is 0 Å². The predicted octanol–water partition coefficient (Wildman–Crippen LogP) is 2.96. The summed E-state index contributed by atoms with van der Waals surface area (Å²) in [5, 5.41) is 9.50. The van der Waals surface area contributed by atoms with Crippen LogP contribution in [0.15, 0.2) is 41.4 Å². The largest absolute Gasteiger partial charge is 0.473 e. The Balaban J connectivity index is 1.71. The van der Waals surface area contributed by atoms with Gasteiger partial charge >= 0.3 is 6.18 Å². The maximum absolute atomic E-state index is 13.3. The van der Waals surface area contributed by atoms with Crippen molar-refractivity contribution < 1.29 is 35.8 Å². The molecule has 2 heterocycles. The lowest BCUT2D eigenvalue weighted by Gasteiger charge is -2.28. The number of benzene rings is 1. The van der Waals surface area contributed by atoms with Crippen LogP contribution in [0.1, 0.15) is 24.0 Å². The Kier molecular flexibility index (Phi) is 6.11. The fourth-order valence-corrected chi connectivity index (χ4v) is 4.36. The molecule has 6 nitrogen and oxygen atoms in total. The van der Waals surface area contributed by atoms with E-state index in [0.717, 1.165) is 12.3 Å². The second kappa shape index (κ2) is 8.25. The van der Waals surface area contributed by atoms with Crippen LogP contribution < -0.4 is 4.74 Å². The van der Waals surface area contributed by atoms with Gasteiger partial charge in [-0.2, -0.15) is 17.5 Å². The molecule has 3 rings (SSSR count). The van der Waals surface area contributed by atoms with E-state index in [2.05, 4.69) is 4.98 Å². The molecule has 1 aliphatic heterocycles. The van der Waals surface area contributed by atoms with Gasteiger partial charge in [0.2, 0.25) is 15.9 Å². The van der Waals surface area contributed by atoms with Gasteiger partial charge in [-0.25, -0.2) is 17.8 Å². The van der Waals surface area contributed by atoms with E-state index in [9.17, 15) is 31.1 Å². The Labute approximate surface area is 164 Å². The van der Waals surface area contributed by atoms with Crippen LogP contribution >= 0.6 is 0 Å². The summed E-state index contributed by atoms with van der Waals surface area (Å²) < 4.78 is 83.9. The third kappa shape index (κ3) is 5.03. The summed E-state index contributed by atoms with van der Waals surface area (Å²) in [5.74, 6) is -0.937. The average molecular weight is 434 g/mol. The van der Waals surface area contributed by atoms with Crippen molar-refractivity contribution in [3.8, 4) is 5.88 Å². The van der Waals surface area contributed by atoms with Crippen molar-refractivity contribution in [2.24, 2.45) is 0 Å². The summed E-state index contributed by atoms with van der Waals surface area (Å²) in [7, 11) is -3.80. The van der Waals surface area contributed by atoms with E-state index in [-0.39, 0.29) is 23.9 Å². The first-order valence-electron chi connectivity index (χ1n) is 8.70. The molecule has 158 valence electrons. The molecule has 1 N–H and O–H groups in total. The van der Waals surface area contributed by atoms with Gasteiger partial charge in [-0.1, -0.05) is 0 Å². The van der Waals surface area contributed by atoms with Gasteiger partial charge in [0.15, 0.2) is 0 Å². The lowest BCUT2D eigenvalue weighted by Crippen LogP contribution is -2.40. The molecule has 0 aliphatic carbocycles. The molecular formula is C18H18F4N2O4S. The van der Waals surface area contributed by atoms with E-state index >= 15 is 0 Å². The Hall–Kier alpha value is -2.24. The van der Waals surface area contributed by atoms with Gasteiger partial charge in [0.1, 0.15) is 17.3 Å². The van der Waals surface area contributed by atoms with Crippen molar-refractivity contribution >= 4 is 10.0 Å². The van der Waals surface area contributed by atoms with Crippen LogP contribution in [0.5, 0.6) is 5.88 Å². The highest BCUT2D eigenvalue weighted by Crippen LogP contribution is 2.33. The smallest absolute Gasteiger partial charge is 0.416 e. The molecule has 0 saturated carbocycles. The van der Waals surface area contributed by atoms with Crippen molar-refractivity contribution in [1.82, 2.24) is 9.29 Å². The number of aliphatic hydroxyl groups excluding tert-OH is 1. The topological polar surface area (TPSA) is 79.7 Å². The van der Waals surface area contributed by atoms with Crippen molar-refractivity contribution in [2.75, 3.05) is 13.1 Å². The predicted molar refractivity (Wildman–Crippen MR) is 94.0 cm³/mol. The van der Waals surface area contributed by atoms with Crippen LogP contribution in [0.3, 0.4) is 0 Å². The minimum atomic E-state index is -4.67. The summed E-state index contributed by atoms with van der Waals surface area (Å²) in [6.07, 6.45) is -3.47. The van der Waals surface area contributed by atoms with Crippen LogP contribution in [-0.2, 0) is 22.8 Å². The molecule has 0 radical (unpaired) electrons. The van der Waals surface area contributed by atoms with Crippen molar-refractivity contribution in [3.05, 3.63) is 53.5 Å². The van der Waals surface area contributed by atoms with Crippen LogP contribution in [0.4, 0.5) is 17.6 Å². The highest BCUT2D eigenvalue weighted by molar-refractivity contribution is 7.89. The number of halogens is 4. The monoisotopic (exact) mass is 434 g/mol. The third-order valence-corrected chi connectivity index (χ3v) is 6.40. The van der Waals surface area contributed by atoms with Crippen LogP contribution in [-0.4, -0.2) is 42.0 Å². The van der Waals surface area contributed by atoms with E-state index in [0.29, 0.717) is 25.0 Å². The first kappa shape index (κ1) is 21.5. The van der Waals surface area contributed by atoms with E-state index in [1.54, 1.807) is 0 Å². The molecule has 2 aromatic rings. The maximum atomic E-state index is 13.3. The van der Waals surface area contributed by atoms with E-state index in [1.807, 2.05) is 0 Å². The van der Waals surface area contributed by atoms with Crippen LogP contribution in [0, 0.1) is 5.82 Å². The zero-order valence-corrected chi connectivity index (χ0v) is 15.9. The summed E-state index contributed by atoms with van der Waals surface area (Å²) >= 11 is 0. The first-order valence-corrected chi connectivity index (χ1v) is 10.1. The fourth-order valence-electron chi connectivity index (χ4n) is 2.95. The minimum absolute atomic E-state index is 0.0945. The maximum Gasteiger partial charge on any atom is 0.416 e. The van der Waals surface area contributed by atoms with E-state index < -0.39 is 45.9 Å². The highest BCUT2D eigenvalue weighted by atomic mass is 32.2. The number of ether oxygens (including phenoxy) is 1. The van der Waals surface area contributed by atoms with Gasteiger partial charge in [-0.3, -0.25) is 0 Å². The molecule has 1 saturated heterocycles. The van der Waals surface area contributed by atoms with E-state index in [4.69, 9.17) is 4.74 Å². The van der Waals surface area contributed by atoms with Crippen molar-refractivity contribution in [2.45, 2.75) is 36.6 Å². The molecule has 0 bridgehead atoms. The summed E-state index contributed by atoms with van der Waals surface area (Å²) in [6, 6.07) is 4.53. The van der Waals surface area contributed by atoms with Crippen LogP contribution in [0.25, 0.3) is 0 Å². The molecule has 0 amide bonds. The second-order valence-electron chi connectivity index (χ2n) is 6.56. The third-order valence-electron chi connectivity index (χ3n) is 4.52. The summed E-state index contributed by atoms with van der Waals surface area (Å²) in [6.45, 7) is -0.223. The Bertz CT molecular complexity index is 957. The molecule has 0 atom stereocenters. The Morgan fingerprint density at radius 2 is 1.86 bits per heavy atom. The number of sulfonamides is 1. The molecule has 1 fully saturated rings. The zero-order chi connectivity index (χ0) is 21.2. The second-order valence-corrected chi connectivity index (χ2v) is 8.49. The van der Waals surface area contributed by atoms with Gasteiger partial charge < -0.3 is 9.84 Å². The lowest BCUT2D eigenvalue weighted by molar-refractivity contribution is -0.138. The van der Waals surface area contributed by atoms with Gasteiger partial charge in [-0.05, 0) is 37.1 Å². The van der Waals surface area contributed by atoms with E-state index in [1.165, 1.54) is 16.4 Å². The van der Waals surface area contributed by atoms with Gasteiger partial charge in [0, 0.05) is 24.7 Å². The average Bonchev–Trinajstić information content (AvgIpc) is 2.66. The number of rotatable bonds is 5. The first-order chi connectivity index (χ1) is 13.6. The quantitative estimate of drug-likeness (QED) is 0.732. The number of piperidine rings is 1. The number of alkyl halides is 3. The standard InChI is InChI=1S/C18H18F4N2O4S/c19-13-1-3-16(18(20,21)22)12(9-13)11-28-17-4-2-15(10-23-17)29(26,27)24-7-5-14(25)6-8-24/h1-4,9-10,14,25H,5-8,11H2. The molecular weight excluding hydrogens is 416 g/mol. The lowest BCUT2D eigenvalue weighted by atomic mass is 10.1. The molecule has 1 aliphatic rings. The fraction of sp³-hybridized carbons (Fsp3) is 0.389. The summed E-state index contributed by atoms with van der Waals surface area (Å²) in [5.41, 5.74) is -1.42. The van der Waals surface area contributed by atoms with Gasteiger partial charge in [-0.15, -0.1) is 0 Å². The number of aromatic nitrogens is 1. The zero-order valence-electron chi connectivity index (χ0n) is 15.1.